The number of nitrogens with one attached hydrogen (secondary N) is 1. The van der Waals surface area contributed by atoms with Gasteiger partial charge in [-0.05, 0) is 38.8 Å². The van der Waals surface area contributed by atoms with Gasteiger partial charge >= 0.3 is 0 Å². The molecule has 150 valence electrons. The monoisotopic (exact) mass is 401 g/mol. The second-order valence-electron chi connectivity index (χ2n) is 7.23. The summed E-state index contributed by atoms with van der Waals surface area (Å²) >= 11 is 1.41. The van der Waals surface area contributed by atoms with E-state index >= 15 is 0 Å². The van der Waals surface area contributed by atoms with Crippen molar-refractivity contribution in [1.82, 2.24) is 19.7 Å². The SMILES string of the molecule is Cc1ccc(NC(=O)CN(C)C(=O)[C@H](C)Sc2nnc3n2CCCCC3)cc1. The lowest BCUT2D eigenvalue weighted by Gasteiger charge is -2.20. The van der Waals surface area contributed by atoms with Gasteiger partial charge in [0.15, 0.2) is 5.16 Å². The molecule has 2 amide bonds. The van der Waals surface area contributed by atoms with Crippen LogP contribution in [0.4, 0.5) is 5.69 Å². The Labute approximate surface area is 169 Å². The number of aryl methyl sites for hydroxylation is 2. The Morgan fingerprint density at radius 1 is 1.21 bits per heavy atom. The van der Waals surface area contributed by atoms with Crippen molar-refractivity contribution in [2.75, 3.05) is 18.9 Å². The molecule has 0 saturated heterocycles. The highest BCUT2D eigenvalue weighted by molar-refractivity contribution is 8.00. The summed E-state index contributed by atoms with van der Waals surface area (Å²) in [5.41, 5.74) is 1.85. The minimum atomic E-state index is -0.339. The van der Waals surface area contributed by atoms with Gasteiger partial charge in [-0.1, -0.05) is 35.9 Å². The fourth-order valence-corrected chi connectivity index (χ4v) is 4.20. The first-order valence-corrected chi connectivity index (χ1v) is 10.5. The normalized spacial score (nSPS) is 14.7. The molecule has 8 heteroatoms. The maximum absolute atomic E-state index is 12.7. The van der Waals surface area contributed by atoms with Crippen LogP contribution in [-0.4, -0.2) is 50.3 Å². The smallest absolute Gasteiger partial charge is 0.243 e. The summed E-state index contributed by atoms with van der Waals surface area (Å²) in [4.78, 5) is 26.4. The van der Waals surface area contributed by atoms with E-state index in [0.29, 0.717) is 0 Å². The van der Waals surface area contributed by atoms with Gasteiger partial charge in [-0.3, -0.25) is 9.59 Å². The molecule has 0 saturated carbocycles. The number of amides is 2. The summed E-state index contributed by atoms with van der Waals surface area (Å²) in [6.45, 7) is 4.75. The fraction of sp³-hybridized carbons (Fsp3) is 0.500. The van der Waals surface area contributed by atoms with Crippen molar-refractivity contribution >= 4 is 29.3 Å². The van der Waals surface area contributed by atoms with Crippen molar-refractivity contribution in [2.24, 2.45) is 0 Å². The number of aromatic nitrogens is 3. The highest BCUT2D eigenvalue weighted by Gasteiger charge is 2.24. The van der Waals surface area contributed by atoms with Crippen LogP contribution in [0, 0.1) is 6.92 Å². The molecule has 0 radical (unpaired) electrons. The molecule has 1 aliphatic heterocycles. The van der Waals surface area contributed by atoms with Gasteiger partial charge in [0.2, 0.25) is 11.8 Å². The zero-order chi connectivity index (χ0) is 20.1. The number of hydrogen-bond donors (Lipinski definition) is 1. The number of benzene rings is 1. The van der Waals surface area contributed by atoms with E-state index in [-0.39, 0.29) is 23.6 Å². The van der Waals surface area contributed by atoms with Gasteiger partial charge in [0.1, 0.15) is 5.82 Å². The molecule has 28 heavy (non-hydrogen) atoms. The van der Waals surface area contributed by atoms with Crippen LogP contribution in [0.25, 0.3) is 0 Å². The third-order valence-corrected chi connectivity index (χ3v) is 5.87. The van der Waals surface area contributed by atoms with Crippen LogP contribution in [0.15, 0.2) is 29.4 Å². The number of nitrogens with zero attached hydrogens (tertiary/aromatic N) is 4. The molecular formula is C20H27N5O2S. The molecule has 1 aliphatic rings. The molecule has 3 rings (SSSR count). The van der Waals surface area contributed by atoms with Crippen molar-refractivity contribution in [3.8, 4) is 0 Å². The molecular weight excluding hydrogens is 374 g/mol. The first-order chi connectivity index (χ1) is 13.4. The van der Waals surface area contributed by atoms with Crippen molar-refractivity contribution in [3.05, 3.63) is 35.7 Å². The van der Waals surface area contributed by atoms with Crippen LogP contribution in [0.1, 0.15) is 37.6 Å². The second-order valence-corrected chi connectivity index (χ2v) is 8.54. The van der Waals surface area contributed by atoms with Gasteiger partial charge in [0.25, 0.3) is 0 Å². The maximum Gasteiger partial charge on any atom is 0.243 e. The number of rotatable bonds is 6. The Morgan fingerprint density at radius 2 is 1.96 bits per heavy atom. The minimum absolute atomic E-state index is 0.00947. The zero-order valence-corrected chi connectivity index (χ0v) is 17.5. The summed E-state index contributed by atoms with van der Waals surface area (Å²) in [6, 6.07) is 7.57. The van der Waals surface area contributed by atoms with Gasteiger partial charge in [-0.25, -0.2) is 0 Å². The second kappa shape index (κ2) is 9.23. The summed E-state index contributed by atoms with van der Waals surface area (Å²) < 4.78 is 2.13. The Morgan fingerprint density at radius 3 is 2.71 bits per heavy atom. The summed E-state index contributed by atoms with van der Waals surface area (Å²) in [7, 11) is 1.65. The zero-order valence-electron chi connectivity index (χ0n) is 16.6. The van der Waals surface area contributed by atoms with Crippen molar-refractivity contribution in [2.45, 2.75) is 56.5 Å². The van der Waals surface area contributed by atoms with E-state index < -0.39 is 0 Å². The number of anilines is 1. The molecule has 2 heterocycles. The fourth-order valence-electron chi connectivity index (χ4n) is 3.20. The summed E-state index contributed by atoms with van der Waals surface area (Å²) in [5, 5.41) is 11.8. The lowest BCUT2D eigenvalue weighted by atomic mass is 10.2. The summed E-state index contributed by atoms with van der Waals surface area (Å²) in [6.07, 6.45) is 4.38. The van der Waals surface area contributed by atoms with Crippen molar-refractivity contribution < 1.29 is 9.59 Å². The van der Waals surface area contributed by atoms with Gasteiger partial charge in [0.05, 0.1) is 11.8 Å². The minimum Gasteiger partial charge on any atom is -0.335 e. The molecule has 1 N–H and O–H groups in total. The van der Waals surface area contributed by atoms with Gasteiger partial charge in [0, 0.05) is 25.7 Å². The number of thioether (sulfide) groups is 1. The first-order valence-electron chi connectivity index (χ1n) is 9.64. The largest absolute Gasteiger partial charge is 0.335 e. The average molecular weight is 402 g/mol. The topological polar surface area (TPSA) is 80.1 Å². The molecule has 2 aromatic rings. The van der Waals surface area contributed by atoms with E-state index in [1.54, 1.807) is 7.05 Å². The molecule has 1 aromatic heterocycles. The molecule has 1 aromatic carbocycles. The van der Waals surface area contributed by atoms with Gasteiger partial charge < -0.3 is 14.8 Å². The van der Waals surface area contributed by atoms with E-state index in [1.165, 1.54) is 23.1 Å². The molecule has 1 atom stereocenters. The van der Waals surface area contributed by atoms with Gasteiger partial charge in [-0.2, -0.15) is 0 Å². The van der Waals surface area contributed by atoms with E-state index in [1.807, 2.05) is 38.1 Å². The van der Waals surface area contributed by atoms with E-state index in [9.17, 15) is 9.59 Å². The number of fused-ring (bicyclic) bond motifs is 1. The Bertz CT molecular complexity index is 834. The number of carbonyl (C=O) groups excluding carboxylic acids is 2. The molecule has 0 fully saturated rings. The van der Waals surface area contributed by atoms with Crippen LogP contribution in [-0.2, 0) is 22.6 Å². The lowest BCUT2D eigenvalue weighted by Crippen LogP contribution is -2.39. The molecule has 0 aliphatic carbocycles. The van der Waals surface area contributed by atoms with Crippen LogP contribution in [0.3, 0.4) is 0 Å². The predicted octanol–water partition coefficient (Wildman–Crippen LogP) is 2.89. The van der Waals surface area contributed by atoms with Crippen molar-refractivity contribution in [3.63, 3.8) is 0 Å². The Balaban J connectivity index is 1.54. The third kappa shape index (κ3) is 5.13. The van der Waals surface area contributed by atoms with Crippen LogP contribution in [0.5, 0.6) is 0 Å². The molecule has 0 spiro atoms. The average Bonchev–Trinajstić information content (AvgIpc) is 2.89. The van der Waals surface area contributed by atoms with Crippen LogP contribution >= 0.6 is 11.8 Å². The summed E-state index contributed by atoms with van der Waals surface area (Å²) in [5.74, 6) is 0.689. The highest BCUT2D eigenvalue weighted by Crippen LogP contribution is 2.26. The third-order valence-electron chi connectivity index (χ3n) is 4.80. The predicted molar refractivity (Wildman–Crippen MR) is 110 cm³/mol. The Hall–Kier alpha value is -2.35. The van der Waals surface area contributed by atoms with Gasteiger partial charge in [-0.15, -0.1) is 10.2 Å². The van der Waals surface area contributed by atoms with Crippen molar-refractivity contribution in [1.29, 1.82) is 0 Å². The Kier molecular flexibility index (Phi) is 6.72. The van der Waals surface area contributed by atoms with E-state index in [4.69, 9.17) is 0 Å². The highest BCUT2D eigenvalue weighted by atomic mass is 32.2. The molecule has 0 bridgehead atoms. The van der Waals surface area contributed by atoms with Crippen LogP contribution in [0.2, 0.25) is 0 Å². The standard InChI is InChI=1S/C20H27N5O2S/c1-14-8-10-16(11-9-14)21-18(26)13-24(3)19(27)15(2)28-20-23-22-17-7-5-4-6-12-25(17)20/h8-11,15H,4-7,12-13H2,1-3H3,(H,21,26)/t15-/m0/s1. The number of hydrogen-bond acceptors (Lipinski definition) is 5. The quantitative estimate of drug-likeness (QED) is 0.753. The molecule has 0 unspecified atom stereocenters. The van der Waals surface area contributed by atoms with E-state index in [2.05, 4.69) is 20.1 Å². The maximum atomic E-state index is 12.7. The first kappa shape index (κ1) is 20.4. The van der Waals surface area contributed by atoms with Crippen LogP contribution < -0.4 is 5.32 Å². The van der Waals surface area contributed by atoms with E-state index in [0.717, 1.165) is 48.0 Å². The number of likely N-dealkylation sites (N-methyl/N-ethyl adjacent to an activating group) is 1. The lowest BCUT2D eigenvalue weighted by molar-refractivity contribution is -0.132. The number of carbonyl (C=O) groups is 2. The molecule has 7 nitrogen and oxygen atoms in total.